The molecule has 0 amide bonds. The topological polar surface area (TPSA) is 61.6 Å². The van der Waals surface area contributed by atoms with Crippen molar-refractivity contribution in [3.63, 3.8) is 0 Å². The van der Waals surface area contributed by atoms with E-state index in [0.717, 1.165) is 12.0 Å². The van der Waals surface area contributed by atoms with Crippen LogP contribution in [-0.4, -0.2) is 11.7 Å². The summed E-state index contributed by atoms with van der Waals surface area (Å²) >= 11 is 0. The minimum Gasteiger partial charge on any atom is -0.454 e. The lowest BCUT2D eigenvalue weighted by Gasteiger charge is -1.99. The van der Waals surface area contributed by atoms with Gasteiger partial charge >= 0.3 is 0 Å². The van der Waals surface area contributed by atoms with Crippen molar-refractivity contribution < 1.29 is 14.4 Å². The average Bonchev–Trinajstić information content (AvgIpc) is 2.75. The van der Waals surface area contributed by atoms with Gasteiger partial charge in [-0.05, 0) is 24.1 Å². The zero-order chi connectivity index (χ0) is 12.3. The minimum absolute atomic E-state index is 0.208. The highest BCUT2D eigenvalue weighted by atomic mass is 16.7. The van der Waals surface area contributed by atoms with E-state index in [1.807, 2.05) is 6.92 Å². The predicted octanol–water partition coefficient (Wildman–Crippen LogP) is 2.83. The molecule has 0 saturated carbocycles. The first-order valence-corrected chi connectivity index (χ1v) is 5.45. The molecule has 0 saturated heterocycles. The molecule has 2 rings (SSSR count). The van der Waals surface area contributed by atoms with E-state index in [1.54, 1.807) is 24.3 Å². The van der Waals surface area contributed by atoms with Gasteiger partial charge in [0.1, 0.15) is 0 Å². The Bertz CT molecular complexity index is 468. The lowest BCUT2D eigenvalue weighted by molar-refractivity contribution is -0.426. The molecule has 1 heterocycles. The van der Waals surface area contributed by atoms with Crippen LogP contribution < -0.4 is 9.47 Å². The fraction of sp³-hybridized carbons (Fsp3) is 0.333. The first kappa shape index (κ1) is 11.4. The van der Waals surface area contributed by atoms with E-state index >= 15 is 0 Å². The molecule has 5 heteroatoms. The van der Waals surface area contributed by atoms with Crippen LogP contribution in [0.1, 0.15) is 25.3 Å². The highest BCUT2D eigenvalue weighted by Gasteiger charge is 2.14. The molecular formula is C12H13NO4. The van der Waals surface area contributed by atoms with Crippen LogP contribution in [0, 0.1) is 10.1 Å². The van der Waals surface area contributed by atoms with Gasteiger partial charge < -0.3 is 9.47 Å². The van der Waals surface area contributed by atoms with Gasteiger partial charge in [0.15, 0.2) is 11.5 Å². The molecule has 0 aromatic heterocycles. The van der Waals surface area contributed by atoms with Crippen LogP contribution in [0.3, 0.4) is 0 Å². The molecule has 0 aliphatic carbocycles. The van der Waals surface area contributed by atoms with Crippen LogP contribution >= 0.6 is 0 Å². The maximum atomic E-state index is 10.8. The quantitative estimate of drug-likeness (QED) is 0.594. The van der Waals surface area contributed by atoms with Crippen molar-refractivity contribution in [3.8, 4) is 11.5 Å². The fourth-order valence-corrected chi connectivity index (χ4v) is 1.67. The molecular weight excluding hydrogens is 222 g/mol. The van der Waals surface area contributed by atoms with Gasteiger partial charge in [0.25, 0.3) is 0 Å². The number of ether oxygens (including phenoxy) is 2. The smallest absolute Gasteiger partial charge is 0.246 e. The third-order valence-electron chi connectivity index (χ3n) is 2.47. The van der Waals surface area contributed by atoms with Gasteiger partial charge in [0.05, 0.1) is 4.92 Å². The number of fused-ring (bicyclic) bond motifs is 1. The number of nitrogens with zero attached hydrogens (tertiary/aromatic N) is 1. The van der Waals surface area contributed by atoms with E-state index in [1.165, 1.54) is 0 Å². The number of rotatable bonds is 4. The Kier molecular flexibility index (Phi) is 3.27. The molecule has 90 valence electrons. The second-order valence-corrected chi connectivity index (χ2v) is 3.76. The van der Waals surface area contributed by atoms with E-state index in [0.29, 0.717) is 17.9 Å². The van der Waals surface area contributed by atoms with Crippen LogP contribution in [-0.2, 0) is 0 Å². The van der Waals surface area contributed by atoms with Gasteiger partial charge in [0.2, 0.25) is 12.5 Å². The second-order valence-electron chi connectivity index (χ2n) is 3.76. The van der Waals surface area contributed by atoms with Crippen LogP contribution in [0.4, 0.5) is 0 Å². The Morgan fingerprint density at radius 2 is 2.24 bits per heavy atom. The van der Waals surface area contributed by atoms with Gasteiger partial charge in [-0.2, -0.15) is 0 Å². The van der Waals surface area contributed by atoms with Crippen LogP contribution in [0.2, 0.25) is 0 Å². The summed E-state index contributed by atoms with van der Waals surface area (Å²) in [5.74, 6) is 1.32. The van der Waals surface area contributed by atoms with Crippen molar-refractivity contribution in [2.45, 2.75) is 19.8 Å². The summed E-state index contributed by atoms with van der Waals surface area (Å²) in [5.41, 5.74) is 0.973. The SMILES string of the molecule is CCCC(=Cc1ccc2c(c1)OCO2)[N+](=O)[O-]. The Morgan fingerprint density at radius 3 is 2.94 bits per heavy atom. The zero-order valence-corrected chi connectivity index (χ0v) is 9.51. The van der Waals surface area contributed by atoms with Crippen LogP contribution in [0.25, 0.3) is 6.08 Å². The van der Waals surface area contributed by atoms with Crippen LogP contribution in [0.5, 0.6) is 11.5 Å². The van der Waals surface area contributed by atoms with E-state index in [9.17, 15) is 10.1 Å². The largest absolute Gasteiger partial charge is 0.454 e. The van der Waals surface area contributed by atoms with E-state index in [2.05, 4.69) is 0 Å². The van der Waals surface area contributed by atoms with Crippen molar-refractivity contribution in [1.82, 2.24) is 0 Å². The van der Waals surface area contributed by atoms with Crippen molar-refractivity contribution in [2.24, 2.45) is 0 Å². The number of benzene rings is 1. The summed E-state index contributed by atoms with van der Waals surface area (Å²) in [6.45, 7) is 2.12. The van der Waals surface area contributed by atoms with Gasteiger partial charge in [-0.1, -0.05) is 13.0 Å². The summed E-state index contributed by atoms with van der Waals surface area (Å²) in [5, 5.41) is 10.8. The lowest BCUT2D eigenvalue weighted by atomic mass is 10.1. The molecule has 5 nitrogen and oxygen atoms in total. The summed E-state index contributed by atoms with van der Waals surface area (Å²) in [4.78, 5) is 10.5. The lowest BCUT2D eigenvalue weighted by Crippen LogP contribution is -1.97. The molecule has 0 fully saturated rings. The summed E-state index contributed by atoms with van der Waals surface area (Å²) in [7, 11) is 0. The number of hydrogen-bond donors (Lipinski definition) is 0. The van der Waals surface area contributed by atoms with Gasteiger partial charge in [-0.15, -0.1) is 0 Å². The third kappa shape index (κ3) is 2.55. The Labute approximate surface area is 98.8 Å². The molecule has 0 atom stereocenters. The summed E-state index contributed by atoms with van der Waals surface area (Å²) < 4.78 is 10.4. The molecule has 0 unspecified atom stereocenters. The number of hydrogen-bond acceptors (Lipinski definition) is 4. The first-order chi connectivity index (χ1) is 8.20. The molecule has 1 aliphatic rings. The Hall–Kier alpha value is -2.04. The van der Waals surface area contributed by atoms with E-state index < -0.39 is 0 Å². The Balaban J connectivity index is 2.27. The monoisotopic (exact) mass is 235 g/mol. The molecule has 1 aromatic carbocycles. The molecule has 1 aromatic rings. The molecule has 0 N–H and O–H groups in total. The van der Waals surface area contributed by atoms with Crippen LogP contribution in [0.15, 0.2) is 23.9 Å². The predicted molar refractivity (Wildman–Crippen MR) is 62.4 cm³/mol. The highest BCUT2D eigenvalue weighted by Crippen LogP contribution is 2.33. The average molecular weight is 235 g/mol. The molecule has 0 spiro atoms. The van der Waals surface area contributed by atoms with Crippen molar-refractivity contribution in [1.29, 1.82) is 0 Å². The van der Waals surface area contributed by atoms with E-state index in [4.69, 9.17) is 9.47 Å². The number of allylic oxidation sites excluding steroid dienone is 1. The van der Waals surface area contributed by atoms with Gasteiger partial charge in [-0.3, -0.25) is 10.1 Å². The molecule has 0 radical (unpaired) electrons. The van der Waals surface area contributed by atoms with E-state index in [-0.39, 0.29) is 17.4 Å². The zero-order valence-electron chi connectivity index (χ0n) is 9.51. The second kappa shape index (κ2) is 4.86. The van der Waals surface area contributed by atoms with Gasteiger partial charge in [0, 0.05) is 12.5 Å². The summed E-state index contributed by atoms with van der Waals surface area (Å²) in [6, 6.07) is 5.30. The van der Waals surface area contributed by atoms with Crippen molar-refractivity contribution in [3.05, 3.63) is 39.6 Å². The third-order valence-corrected chi connectivity index (χ3v) is 2.47. The summed E-state index contributed by atoms with van der Waals surface area (Å²) in [6.07, 6.45) is 2.78. The minimum atomic E-state index is -0.339. The maximum absolute atomic E-state index is 10.8. The fourth-order valence-electron chi connectivity index (χ4n) is 1.67. The van der Waals surface area contributed by atoms with Gasteiger partial charge in [-0.25, -0.2) is 0 Å². The molecule has 17 heavy (non-hydrogen) atoms. The standard InChI is InChI=1S/C12H13NO4/c1-2-3-10(13(14)15)6-9-4-5-11-12(7-9)17-8-16-11/h4-7H,2-3,8H2,1H3. The molecule has 1 aliphatic heterocycles. The maximum Gasteiger partial charge on any atom is 0.246 e. The Morgan fingerprint density at radius 1 is 1.47 bits per heavy atom. The van der Waals surface area contributed by atoms with Crippen molar-refractivity contribution in [2.75, 3.05) is 6.79 Å². The number of nitro groups is 1. The molecule has 0 bridgehead atoms. The highest BCUT2D eigenvalue weighted by molar-refractivity contribution is 5.57. The van der Waals surface area contributed by atoms with Crippen molar-refractivity contribution >= 4 is 6.08 Å². The first-order valence-electron chi connectivity index (χ1n) is 5.45. The normalized spacial score (nSPS) is 13.8.